The molecule has 0 bridgehead atoms. The zero-order valence-corrected chi connectivity index (χ0v) is 15.0. The van der Waals surface area contributed by atoms with Gasteiger partial charge in [-0.2, -0.15) is 0 Å². The summed E-state index contributed by atoms with van der Waals surface area (Å²) in [7, 11) is 0. The Morgan fingerprint density at radius 1 is 0.741 bits per heavy atom. The second-order valence-electron chi connectivity index (χ2n) is 5.89. The van der Waals surface area contributed by atoms with Crippen LogP contribution in [0.1, 0.15) is 20.7 Å². The smallest absolute Gasteiger partial charge is 0.255 e. The van der Waals surface area contributed by atoms with E-state index in [1.54, 1.807) is 54.0 Å². The Hall–Kier alpha value is -3.51. The maximum atomic E-state index is 12.6. The molecule has 1 heterocycles. The normalized spacial score (nSPS) is 10.5. The van der Waals surface area contributed by atoms with E-state index in [0.717, 1.165) is 10.2 Å². The van der Waals surface area contributed by atoms with Gasteiger partial charge in [0.15, 0.2) is 0 Å². The van der Waals surface area contributed by atoms with E-state index >= 15 is 0 Å². The molecular weight excluding hydrogens is 358 g/mol. The molecule has 0 unspecified atom stereocenters. The third-order valence-electron chi connectivity index (χ3n) is 4.01. The van der Waals surface area contributed by atoms with Gasteiger partial charge in [-0.05, 0) is 48.5 Å². The lowest BCUT2D eigenvalue weighted by molar-refractivity contribution is 0.101. The average molecular weight is 373 g/mol. The largest absolute Gasteiger partial charge is 0.322 e. The number of thiazole rings is 1. The van der Waals surface area contributed by atoms with Crippen LogP contribution in [0.25, 0.3) is 10.2 Å². The third kappa shape index (κ3) is 3.86. The zero-order valence-electron chi connectivity index (χ0n) is 14.2. The summed E-state index contributed by atoms with van der Waals surface area (Å²) < 4.78 is 1.01. The second kappa shape index (κ2) is 7.39. The molecule has 6 heteroatoms. The fourth-order valence-electron chi connectivity index (χ4n) is 2.67. The molecule has 0 aliphatic heterocycles. The molecule has 0 radical (unpaired) electrons. The van der Waals surface area contributed by atoms with Gasteiger partial charge in [-0.3, -0.25) is 9.59 Å². The Bertz CT molecular complexity index is 1120. The zero-order chi connectivity index (χ0) is 18.6. The Morgan fingerprint density at radius 3 is 2.26 bits per heavy atom. The average Bonchev–Trinajstić information content (AvgIpc) is 3.16. The van der Waals surface area contributed by atoms with Gasteiger partial charge >= 0.3 is 0 Å². The van der Waals surface area contributed by atoms with Gasteiger partial charge in [0.1, 0.15) is 0 Å². The Balaban J connectivity index is 1.49. The van der Waals surface area contributed by atoms with E-state index in [2.05, 4.69) is 15.6 Å². The molecule has 1 aromatic heterocycles. The molecule has 5 nitrogen and oxygen atoms in total. The van der Waals surface area contributed by atoms with Crippen molar-refractivity contribution in [3.8, 4) is 0 Å². The highest BCUT2D eigenvalue weighted by molar-refractivity contribution is 7.16. The van der Waals surface area contributed by atoms with Gasteiger partial charge in [0.2, 0.25) is 0 Å². The van der Waals surface area contributed by atoms with Crippen molar-refractivity contribution in [3.63, 3.8) is 0 Å². The molecule has 2 amide bonds. The van der Waals surface area contributed by atoms with Crippen molar-refractivity contribution in [2.24, 2.45) is 0 Å². The van der Waals surface area contributed by atoms with Gasteiger partial charge in [-0.25, -0.2) is 4.98 Å². The number of carbonyl (C=O) groups excluding carboxylic acids is 2. The van der Waals surface area contributed by atoms with Gasteiger partial charge in [0, 0.05) is 22.5 Å². The lowest BCUT2D eigenvalue weighted by atomic mass is 10.1. The number of rotatable bonds is 4. The van der Waals surface area contributed by atoms with Crippen molar-refractivity contribution in [2.45, 2.75) is 0 Å². The molecule has 0 saturated carbocycles. The molecule has 0 atom stereocenters. The van der Waals surface area contributed by atoms with E-state index in [-0.39, 0.29) is 11.8 Å². The lowest BCUT2D eigenvalue weighted by Gasteiger charge is -2.09. The van der Waals surface area contributed by atoms with Crippen molar-refractivity contribution < 1.29 is 9.59 Å². The van der Waals surface area contributed by atoms with Crippen LogP contribution >= 0.6 is 11.3 Å². The predicted molar refractivity (Wildman–Crippen MR) is 108 cm³/mol. The number of hydrogen-bond donors (Lipinski definition) is 2. The third-order valence-corrected chi connectivity index (χ3v) is 4.80. The number of carbonyl (C=O) groups is 2. The summed E-state index contributed by atoms with van der Waals surface area (Å²) in [6.45, 7) is 0. The van der Waals surface area contributed by atoms with Crippen LogP contribution in [0.5, 0.6) is 0 Å². The molecule has 0 spiro atoms. The molecule has 4 aromatic rings. The number of benzene rings is 3. The van der Waals surface area contributed by atoms with Gasteiger partial charge in [0.25, 0.3) is 11.8 Å². The first-order valence-corrected chi connectivity index (χ1v) is 9.18. The fraction of sp³-hybridized carbons (Fsp3) is 0. The Morgan fingerprint density at radius 2 is 1.44 bits per heavy atom. The SMILES string of the molecule is O=C(Nc1cccc(C(=O)Nc2ccc3ncsc3c2)c1)c1ccccc1. The Kier molecular flexibility index (Phi) is 4.63. The van der Waals surface area contributed by atoms with E-state index in [0.29, 0.717) is 22.5 Å². The molecule has 0 aliphatic carbocycles. The molecule has 4 rings (SSSR count). The highest BCUT2D eigenvalue weighted by atomic mass is 32.1. The molecule has 0 aliphatic rings. The minimum absolute atomic E-state index is 0.219. The maximum Gasteiger partial charge on any atom is 0.255 e. The molecule has 3 aromatic carbocycles. The first-order valence-electron chi connectivity index (χ1n) is 8.30. The highest BCUT2D eigenvalue weighted by Crippen LogP contribution is 2.22. The number of amides is 2. The van der Waals surface area contributed by atoms with Crippen LogP contribution in [-0.4, -0.2) is 16.8 Å². The van der Waals surface area contributed by atoms with Crippen LogP contribution in [0.4, 0.5) is 11.4 Å². The van der Waals surface area contributed by atoms with Crippen LogP contribution in [0, 0.1) is 0 Å². The Labute approximate surface area is 159 Å². The predicted octanol–water partition coefficient (Wildman–Crippen LogP) is 4.80. The molecular formula is C21H15N3O2S. The number of aromatic nitrogens is 1. The van der Waals surface area contributed by atoms with Crippen molar-refractivity contribution in [3.05, 3.63) is 89.4 Å². The first-order chi connectivity index (χ1) is 13.2. The molecule has 27 heavy (non-hydrogen) atoms. The summed E-state index contributed by atoms with van der Waals surface area (Å²) in [6.07, 6.45) is 0. The molecule has 132 valence electrons. The first kappa shape index (κ1) is 16.9. The quantitative estimate of drug-likeness (QED) is 0.540. The topological polar surface area (TPSA) is 71.1 Å². The fourth-order valence-corrected chi connectivity index (χ4v) is 3.38. The van der Waals surface area contributed by atoms with E-state index < -0.39 is 0 Å². The summed E-state index contributed by atoms with van der Waals surface area (Å²) in [5.41, 5.74) is 4.97. The number of nitrogens with zero attached hydrogens (tertiary/aromatic N) is 1. The van der Waals surface area contributed by atoms with E-state index in [1.807, 2.05) is 24.3 Å². The van der Waals surface area contributed by atoms with Crippen LogP contribution < -0.4 is 10.6 Å². The summed E-state index contributed by atoms with van der Waals surface area (Å²) in [5.74, 6) is -0.460. The summed E-state index contributed by atoms with van der Waals surface area (Å²) in [6, 6.07) is 21.4. The highest BCUT2D eigenvalue weighted by Gasteiger charge is 2.10. The van der Waals surface area contributed by atoms with Crippen molar-refractivity contribution in [2.75, 3.05) is 10.6 Å². The summed E-state index contributed by atoms with van der Waals surface area (Å²) in [5, 5.41) is 5.69. The molecule has 0 fully saturated rings. The van der Waals surface area contributed by atoms with Crippen LogP contribution in [0.15, 0.2) is 78.3 Å². The minimum atomic E-state index is -0.241. The van der Waals surface area contributed by atoms with Crippen LogP contribution in [0.3, 0.4) is 0 Å². The monoisotopic (exact) mass is 373 g/mol. The van der Waals surface area contributed by atoms with E-state index in [9.17, 15) is 9.59 Å². The van der Waals surface area contributed by atoms with Gasteiger partial charge < -0.3 is 10.6 Å². The van der Waals surface area contributed by atoms with Crippen molar-refractivity contribution >= 4 is 44.7 Å². The van der Waals surface area contributed by atoms with Gasteiger partial charge in [0.05, 0.1) is 15.7 Å². The number of fused-ring (bicyclic) bond motifs is 1. The standard InChI is InChI=1S/C21H15N3O2S/c25-20(14-5-2-1-3-6-14)23-16-8-4-7-15(11-16)21(26)24-17-9-10-18-19(12-17)27-13-22-18/h1-13H,(H,23,25)(H,24,26). The van der Waals surface area contributed by atoms with Crippen LogP contribution in [0.2, 0.25) is 0 Å². The lowest BCUT2D eigenvalue weighted by Crippen LogP contribution is -2.14. The molecule has 2 N–H and O–H groups in total. The number of anilines is 2. The summed E-state index contributed by atoms with van der Waals surface area (Å²) >= 11 is 1.52. The summed E-state index contributed by atoms with van der Waals surface area (Å²) in [4.78, 5) is 29.1. The number of nitrogens with one attached hydrogen (secondary N) is 2. The van der Waals surface area contributed by atoms with Gasteiger partial charge in [-0.15, -0.1) is 11.3 Å². The van der Waals surface area contributed by atoms with E-state index in [4.69, 9.17) is 0 Å². The molecule has 0 saturated heterocycles. The number of hydrogen-bond acceptors (Lipinski definition) is 4. The van der Waals surface area contributed by atoms with Crippen molar-refractivity contribution in [1.29, 1.82) is 0 Å². The minimum Gasteiger partial charge on any atom is -0.322 e. The second-order valence-corrected chi connectivity index (χ2v) is 6.78. The van der Waals surface area contributed by atoms with E-state index in [1.165, 1.54) is 11.3 Å². The van der Waals surface area contributed by atoms with Crippen molar-refractivity contribution in [1.82, 2.24) is 4.98 Å². The maximum absolute atomic E-state index is 12.6. The van der Waals surface area contributed by atoms with Crippen LogP contribution in [-0.2, 0) is 0 Å². The van der Waals surface area contributed by atoms with Gasteiger partial charge in [-0.1, -0.05) is 24.3 Å².